The molecule has 1 atom stereocenters. The summed E-state index contributed by atoms with van der Waals surface area (Å²) < 4.78 is 5.56. The maximum absolute atomic E-state index is 6.15. The third-order valence-electron chi connectivity index (χ3n) is 2.71. The molecule has 0 aliphatic heterocycles. The van der Waals surface area contributed by atoms with Crippen molar-refractivity contribution in [1.29, 1.82) is 0 Å². The van der Waals surface area contributed by atoms with E-state index in [-0.39, 0.29) is 6.04 Å². The normalized spacial score (nSPS) is 17.9. The highest BCUT2D eigenvalue weighted by Crippen LogP contribution is 2.41. The zero-order valence-electron chi connectivity index (χ0n) is 8.57. The van der Waals surface area contributed by atoms with Crippen molar-refractivity contribution in [2.75, 3.05) is 6.61 Å². The van der Waals surface area contributed by atoms with E-state index in [0.717, 1.165) is 11.3 Å². The molecule has 2 heteroatoms. The van der Waals surface area contributed by atoms with Crippen LogP contribution in [0, 0.1) is 5.92 Å². The van der Waals surface area contributed by atoms with Crippen molar-refractivity contribution in [2.45, 2.75) is 25.8 Å². The van der Waals surface area contributed by atoms with Gasteiger partial charge in [0, 0.05) is 11.6 Å². The molecular weight excluding hydrogens is 174 g/mol. The molecule has 0 aromatic heterocycles. The minimum absolute atomic E-state index is 0.165. The van der Waals surface area contributed by atoms with E-state index >= 15 is 0 Å². The number of para-hydroxylation sites is 1. The molecule has 1 aliphatic rings. The summed E-state index contributed by atoms with van der Waals surface area (Å²) in [4.78, 5) is 0. The van der Waals surface area contributed by atoms with Crippen LogP contribution in [0.15, 0.2) is 24.3 Å². The fourth-order valence-electron chi connectivity index (χ4n) is 1.75. The lowest BCUT2D eigenvalue weighted by Gasteiger charge is -2.15. The van der Waals surface area contributed by atoms with E-state index in [1.54, 1.807) is 0 Å². The number of rotatable bonds is 4. The predicted molar refractivity (Wildman–Crippen MR) is 57.3 cm³/mol. The van der Waals surface area contributed by atoms with E-state index in [4.69, 9.17) is 10.5 Å². The largest absolute Gasteiger partial charge is 0.494 e. The zero-order valence-corrected chi connectivity index (χ0v) is 8.57. The Kier molecular flexibility index (Phi) is 2.73. The zero-order chi connectivity index (χ0) is 9.97. The summed E-state index contributed by atoms with van der Waals surface area (Å²) in [6, 6.07) is 8.27. The van der Waals surface area contributed by atoms with Crippen LogP contribution >= 0.6 is 0 Å². The minimum atomic E-state index is 0.165. The van der Waals surface area contributed by atoms with Crippen LogP contribution < -0.4 is 10.5 Å². The Bertz CT molecular complexity index is 307. The Morgan fingerprint density at radius 3 is 2.79 bits per heavy atom. The summed E-state index contributed by atoms with van der Waals surface area (Å²) in [6.45, 7) is 2.70. The Balaban J connectivity index is 2.20. The first kappa shape index (κ1) is 9.53. The quantitative estimate of drug-likeness (QED) is 0.793. The second-order valence-corrected chi connectivity index (χ2v) is 3.83. The molecule has 1 unspecified atom stereocenters. The molecule has 1 fully saturated rings. The van der Waals surface area contributed by atoms with Crippen LogP contribution in [0.3, 0.4) is 0 Å². The number of hydrogen-bond donors (Lipinski definition) is 1. The maximum atomic E-state index is 6.15. The van der Waals surface area contributed by atoms with E-state index in [0.29, 0.717) is 12.5 Å². The van der Waals surface area contributed by atoms with E-state index in [2.05, 4.69) is 6.07 Å². The lowest BCUT2D eigenvalue weighted by Crippen LogP contribution is -2.13. The van der Waals surface area contributed by atoms with Crippen molar-refractivity contribution < 1.29 is 4.74 Å². The van der Waals surface area contributed by atoms with Crippen LogP contribution in [0.25, 0.3) is 0 Å². The molecule has 2 N–H and O–H groups in total. The van der Waals surface area contributed by atoms with E-state index < -0.39 is 0 Å². The van der Waals surface area contributed by atoms with Gasteiger partial charge < -0.3 is 10.5 Å². The summed E-state index contributed by atoms with van der Waals surface area (Å²) in [6.07, 6.45) is 2.53. The number of ether oxygens (including phenoxy) is 1. The van der Waals surface area contributed by atoms with Crippen molar-refractivity contribution in [3.05, 3.63) is 29.8 Å². The maximum Gasteiger partial charge on any atom is 0.124 e. The fraction of sp³-hybridized carbons (Fsp3) is 0.500. The molecule has 0 spiro atoms. The van der Waals surface area contributed by atoms with Crippen LogP contribution in [-0.4, -0.2) is 6.61 Å². The van der Waals surface area contributed by atoms with E-state index in [9.17, 15) is 0 Å². The molecule has 1 aliphatic carbocycles. The number of benzene rings is 1. The first-order valence-corrected chi connectivity index (χ1v) is 5.30. The third-order valence-corrected chi connectivity index (χ3v) is 2.71. The monoisotopic (exact) mass is 191 g/mol. The van der Waals surface area contributed by atoms with Gasteiger partial charge in [-0.3, -0.25) is 0 Å². The molecule has 0 amide bonds. The van der Waals surface area contributed by atoms with Crippen LogP contribution in [0.5, 0.6) is 5.75 Å². The second kappa shape index (κ2) is 4.01. The van der Waals surface area contributed by atoms with Gasteiger partial charge in [-0.15, -0.1) is 0 Å². The molecule has 1 aromatic carbocycles. The SMILES string of the molecule is CCOc1ccccc1C(N)C1CC1. The molecule has 0 heterocycles. The number of hydrogen-bond acceptors (Lipinski definition) is 2. The average molecular weight is 191 g/mol. The smallest absolute Gasteiger partial charge is 0.124 e. The summed E-state index contributed by atoms with van der Waals surface area (Å²) in [5, 5.41) is 0. The molecule has 0 radical (unpaired) electrons. The minimum Gasteiger partial charge on any atom is -0.494 e. The van der Waals surface area contributed by atoms with Gasteiger partial charge in [0.05, 0.1) is 6.61 Å². The van der Waals surface area contributed by atoms with Crippen molar-refractivity contribution >= 4 is 0 Å². The van der Waals surface area contributed by atoms with Gasteiger partial charge in [-0.25, -0.2) is 0 Å². The lowest BCUT2D eigenvalue weighted by molar-refractivity contribution is 0.333. The van der Waals surface area contributed by atoms with Crippen LogP contribution in [-0.2, 0) is 0 Å². The van der Waals surface area contributed by atoms with Crippen LogP contribution in [0.4, 0.5) is 0 Å². The summed E-state index contributed by atoms with van der Waals surface area (Å²) in [7, 11) is 0. The Morgan fingerprint density at radius 1 is 1.43 bits per heavy atom. The molecule has 2 rings (SSSR count). The van der Waals surface area contributed by atoms with Gasteiger partial charge in [0.25, 0.3) is 0 Å². The summed E-state index contributed by atoms with van der Waals surface area (Å²) in [5.41, 5.74) is 7.32. The molecule has 2 nitrogen and oxygen atoms in total. The summed E-state index contributed by atoms with van der Waals surface area (Å²) >= 11 is 0. The molecule has 0 bridgehead atoms. The standard InChI is InChI=1S/C12H17NO/c1-2-14-11-6-4-3-5-10(11)12(13)9-7-8-9/h3-6,9,12H,2,7-8,13H2,1H3. The van der Waals surface area contributed by atoms with Gasteiger partial charge in [-0.2, -0.15) is 0 Å². The van der Waals surface area contributed by atoms with Gasteiger partial charge in [0.2, 0.25) is 0 Å². The van der Waals surface area contributed by atoms with Gasteiger partial charge in [0.15, 0.2) is 0 Å². The Labute approximate surface area is 85.1 Å². The van der Waals surface area contributed by atoms with Gasteiger partial charge in [0.1, 0.15) is 5.75 Å². The van der Waals surface area contributed by atoms with E-state index in [1.165, 1.54) is 12.8 Å². The van der Waals surface area contributed by atoms with Crippen LogP contribution in [0.1, 0.15) is 31.4 Å². The summed E-state index contributed by atoms with van der Waals surface area (Å²) in [5.74, 6) is 1.63. The van der Waals surface area contributed by atoms with Crippen molar-refractivity contribution in [3.8, 4) is 5.75 Å². The van der Waals surface area contributed by atoms with Crippen molar-refractivity contribution in [1.82, 2.24) is 0 Å². The Morgan fingerprint density at radius 2 is 2.14 bits per heavy atom. The van der Waals surface area contributed by atoms with E-state index in [1.807, 2.05) is 25.1 Å². The highest BCUT2D eigenvalue weighted by atomic mass is 16.5. The highest BCUT2D eigenvalue weighted by molar-refractivity contribution is 5.36. The molecule has 1 aromatic rings. The topological polar surface area (TPSA) is 35.2 Å². The second-order valence-electron chi connectivity index (χ2n) is 3.83. The fourth-order valence-corrected chi connectivity index (χ4v) is 1.75. The first-order chi connectivity index (χ1) is 6.83. The van der Waals surface area contributed by atoms with Crippen molar-refractivity contribution in [2.24, 2.45) is 11.7 Å². The Hall–Kier alpha value is -1.02. The van der Waals surface area contributed by atoms with Crippen molar-refractivity contribution in [3.63, 3.8) is 0 Å². The molecule has 0 saturated heterocycles. The van der Waals surface area contributed by atoms with Gasteiger partial charge in [-0.05, 0) is 31.7 Å². The molecule has 14 heavy (non-hydrogen) atoms. The molecule has 1 saturated carbocycles. The third kappa shape index (κ3) is 1.90. The van der Waals surface area contributed by atoms with Gasteiger partial charge in [-0.1, -0.05) is 18.2 Å². The molecular formula is C12H17NO. The number of nitrogens with two attached hydrogens (primary N) is 1. The van der Waals surface area contributed by atoms with Gasteiger partial charge >= 0.3 is 0 Å². The predicted octanol–water partition coefficient (Wildman–Crippen LogP) is 2.50. The molecule has 76 valence electrons. The average Bonchev–Trinajstić information content (AvgIpc) is 3.01. The highest BCUT2D eigenvalue weighted by Gasteiger charge is 2.30. The first-order valence-electron chi connectivity index (χ1n) is 5.30. The lowest BCUT2D eigenvalue weighted by atomic mass is 10.0. The van der Waals surface area contributed by atoms with Crippen LogP contribution in [0.2, 0.25) is 0 Å².